The first-order chi connectivity index (χ1) is 9.91. The zero-order chi connectivity index (χ0) is 15.3. The smallest absolute Gasteiger partial charge is 0.258 e. The molecule has 1 heterocycles. The van der Waals surface area contributed by atoms with E-state index in [2.05, 4.69) is 0 Å². The highest BCUT2D eigenvalue weighted by Crippen LogP contribution is 2.59. The molecule has 0 amide bonds. The minimum atomic E-state index is -0.727. The van der Waals surface area contributed by atoms with Crippen molar-refractivity contribution in [1.29, 1.82) is 0 Å². The number of rotatable bonds is 3. The summed E-state index contributed by atoms with van der Waals surface area (Å²) in [6.07, 6.45) is 0. The summed E-state index contributed by atoms with van der Waals surface area (Å²) in [6.45, 7) is 0. The van der Waals surface area contributed by atoms with E-state index in [0.717, 1.165) is 27.7 Å². The van der Waals surface area contributed by atoms with Gasteiger partial charge in [0.2, 0.25) is 0 Å². The van der Waals surface area contributed by atoms with Gasteiger partial charge in [-0.3, -0.25) is 30.3 Å². The molecule has 106 valence electrons. The van der Waals surface area contributed by atoms with Gasteiger partial charge in [0.15, 0.2) is 0 Å². The summed E-state index contributed by atoms with van der Waals surface area (Å²) in [5, 5.41) is 33.5. The molecule has 0 atom stereocenters. The van der Waals surface area contributed by atoms with Crippen LogP contribution in [0.2, 0.25) is 0 Å². The molecule has 0 spiro atoms. The lowest BCUT2D eigenvalue weighted by Gasteiger charge is -2.03. The Morgan fingerprint density at radius 1 is 0.762 bits per heavy atom. The predicted octanol–water partition coefficient (Wildman–Crippen LogP) is 3.68. The summed E-state index contributed by atoms with van der Waals surface area (Å²) < 4.78 is 0. The molecule has 0 unspecified atom stereocenters. The van der Waals surface area contributed by atoms with E-state index in [0.29, 0.717) is 0 Å². The van der Waals surface area contributed by atoms with Crippen molar-refractivity contribution in [2.24, 2.45) is 0 Å². The molecule has 0 N–H and O–H groups in total. The van der Waals surface area contributed by atoms with Gasteiger partial charge < -0.3 is 0 Å². The maximum Gasteiger partial charge on any atom is 0.291 e. The van der Waals surface area contributed by atoms with E-state index in [1.807, 2.05) is 0 Å². The fourth-order valence-electron chi connectivity index (χ4n) is 2.09. The van der Waals surface area contributed by atoms with E-state index in [9.17, 15) is 30.3 Å². The molecule has 11 heteroatoms. The summed E-state index contributed by atoms with van der Waals surface area (Å²) in [6, 6.07) is 3.33. The van der Waals surface area contributed by atoms with Gasteiger partial charge in [0.1, 0.15) is 9.79 Å². The highest BCUT2D eigenvalue weighted by Gasteiger charge is 2.35. The maximum atomic E-state index is 11.1. The third-order valence-electron chi connectivity index (χ3n) is 2.94. The second kappa shape index (κ2) is 4.56. The standard InChI is InChI=1S/C10H3N3O6S2/c14-11(15)5-2-1-4-6(12(16)17)3-7(13(18)19)10-8(4)9(5)20-21-10/h1-3H. The zero-order valence-corrected chi connectivity index (χ0v) is 11.5. The first-order valence-electron chi connectivity index (χ1n) is 5.33. The van der Waals surface area contributed by atoms with Gasteiger partial charge >= 0.3 is 0 Å². The SMILES string of the molecule is O=[N+]([O-])c1ccc2c([N+](=O)[O-])cc([N+](=O)[O-])c3c2c1SS3. The van der Waals surface area contributed by atoms with Crippen LogP contribution in [0.15, 0.2) is 28.0 Å². The molecule has 9 nitrogen and oxygen atoms in total. The van der Waals surface area contributed by atoms with Crippen LogP contribution < -0.4 is 0 Å². The van der Waals surface area contributed by atoms with Gasteiger partial charge in [0.05, 0.1) is 26.2 Å². The van der Waals surface area contributed by atoms with Crippen molar-refractivity contribution in [3.8, 4) is 0 Å². The number of benzene rings is 2. The normalized spacial score (nSPS) is 12.6. The highest BCUT2D eigenvalue weighted by molar-refractivity contribution is 8.77. The molecule has 0 fully saturated rings. The minimum absolute atomic E-state index is 0.165. The van der Waals surface area contributed by atoms with Crippen LogP contribution in [0.4, 0.5) is 17.1 Å². The Kier molecular flexibility index (Phi) is 2.95. The van der Waals surface area contributed by atoms with E-state index < -0.39 is 26.1 Å². The van der Waals surface area contributed by atoms with Gasteiger partial charge in [-0.25, -0.2) is 0 Å². The van der Waals surface area contributed by atoms with Crippen LogP contribution in [0.25, 0.3) is 10.8 Å². The lowest BCUT2D eigenvalue weighted by Crippen LogP contribution is -1.97. The van der Waals surface area contributed by atoms with Crippen molar-refractivity contribution in [3.05, 3.63) is 48.5 Å². The lowest BCUT2D eigenvalue weighted by atomic mass is 10.1. The Balaban J connectivity index is 2.51. The summed E-state index contributed by atoms with van der Waals surface area (Å²) in [7, 11) is 2.00. The number of nitro benzene ring substituents is 3. The van der Waals surface area contributed by atoms with Crippen LogP contribution in [0.3, 0.4) is 0 Å². The molecule has 0 radical (unpaired) electrons. The fourth-order valence-corrected chi connectivity index (χ4v) is 4.87. The molecule has 21 heavy (non-hydrogen) atoms. The summed E-state index contributed by atoms with van der Waals surface area (Å²) in [5.41, 5.74) is -1.06. The number of nitro groups is 3. The predicted molar refractivity (Wildman–Crippen MR) is 75.6 cm³/mol. The zero-order valence-electron chi connectivity index (χ0n) is 9.84. The molecule has 0 aromatic heterocycles. The number of nitrogens with zero attached hydrogens (tertiary/aromatic N) is 3. The van der Waals surface area contributed by atoms with Gasteiger partial charge in [-0.2, -0.15) is 0 Å². The fraction of sp³-hybridized carbons (Fsp3) is 0. The first kappa shape index (κ1) is 13.6. The third kappa shape index (κ3) is 1.89. The molecule has 0 aliphatic carbocycles. The molecule has 1 aliphatic heterocycles. The van der Waals surface area contributed by atoms with E-state index in [1.54, 1.807) is 0 Å². The van der Waals surface area contributed by atoms with E-state index in [-0.39, 0.29) is 26.3 Å². The van der Waals surface area contributed by atoms with Gasteiger partial charge in [-0.05, 0) is 27.7 Å². The van der Waals surface area contributed by atoms with Gasteiger partial charge in [0.25, 0.3) is 17.1 Å². The van der Waals surface area contributed by atoms with Gasteiger partial charge in [-0.15, -0.1) is 0 Å². The molecule has 1 aliphatic rings. The summed E-state index contributed by atoms with van der Waals surface area (Å²) >= 11 is 0. The Bertz CT molecular complexity index is 842. The van der Waals surface area contributed by atoms with Crippen molar-refractivity contribution >= 4 is 49.4 Å². The molecule has 0 bridgehead atoms. The van der Waals surface area contributed by atoms with Crippen molar-refractivity contribution in [3.63, 3.8) is 0 Å². The largest absolute Gasteiger partial charge is 0.291 e. The molecule has 2 aromatic rings. The average Bonchev–Trinajstić information content (AvgIpc) is 2.84. The van der Waals surface area contributed by atoms with Gasteiger partial charge in [0, 0.05) is 11.5 Å². The topological polar surface area (TPSA) is 129 Å². The number of hydrogen-bond acceptors (Lipinski definition) is 8. The van der Waals surface area contributed by atoms with Crippen LogP contribution in [-0.2, 0) is 0 Å². The van der Waals surface area contributed by atoms with Crippen LogP contribution in [-0.4, -0.2) is 14.8 Å². The van der Waals surface area contributed by atoms with Crippen LogP contribution in [0.5, 0.6) is 0 Å². The second-order valence-electron chi connectivity index (χ2n) is 4.02. The minimum Gasteiger partial charge on any atom is -0.258 e. The molecule has 3 rings (SSSR count). The number of non-ortho nitro benzene ring substituents is 1. The molecule has 0 saturated carbocycles. The summed E-state index contributed by atoms with van der Waals surface area (Å²) in [5.74, 6) is 0. The molecule has 0 saturated heterocycles. The first-order valence-corrected chi connectivity index (χ1v) is 7.48. The Hall–Kier alpha value is -2.40. The quantitative estimate of drug-likeness (QED) is 0.474. The van der Waals surface area contributed by atoms with Crippen molar-refractivity contribution < 1.29 is 14.8 Å². The lowest BCUT2D eigenvalue weighted by molar-refractivity contribution is -0.394. The Morgan fingerprint density at radius 2 is 1.29 bits per heavy atom. The second-order valence-corrected chi connectivity index (χ2v) is 6.17. The van der Waals surface area contributed by atoms with Crippen LogP contribution in [0.1, 0.15) is 0 Å². The van der Waals surface area contributed by atoms with Crippen molar-refractivity contribution in [2.75, 3.05) is 0 Å². The van der Waals surface area contributed by atoms with Gasteiger partial charge in [-0.1, -0.05) is 0 Å². The maximum absolute atomic E-state index is 11.1. The summed E-state index contributed by atoms with van der Waals surface area (Å²) in [4.78, 5) is 31.5. The van der Waals surface area contributed by atoms with Crippen molar-refractivity contribution in [2.45, 2.75) is 9.79 Å². The van der Waals surface area contributed by atoms with E-state index in [1.165, 1.54) is 12.1 Å². The van der Waals surface area contributed by atoms with Crippen LogP contribution in [0, 0.1) is 30.3 Å². The highest BCUT2D eigenvalue weighted by atomic mass is 33.1. The Labute approximate surface area is 123 Å². The average molecular weight is 325 g/mol. The molecular formula is C10H3N3O6S2. The van der Waals surface area contributed by atoms with E-state index in [4.69, 9.17) is 0 Å². The molecular weight excluding hydrogens is 322 g/mol. The third-order valence-corrected chi connectivity index (χ3v) is 5.44. The molecule has 2 aromatic carbocycles. The van der Waals surface area contributed by atoms with Crippen molar-refractivity contribution in [1.82, 2.24) is 0 Å². The van der Waals surface area contributed by atoms with Crippen LogP contribution >= 0.6 is 21.6 Å². The monoisotopic (exact) mass is 325 g/mol. The van der Waals surface area contributed by atoms with E-state index >= 15 is 0 Å². The Morgan fingerprint density at radius 3 is 1.81 bits per heavy atom. The number of hydrogen-bond donors (Lipinski definition) is 0.